The summed E-state index contributed by atoms with van der Waals surface area (Å²) in [5, 5.41) is 3.66. The van der Waals surface area contributed by atoms with Gasteiger partial charge in [0.05, 0.1) is 0 Å². The van der Waals surface area contributed by atoms with E-state index in [-0.39, 0.29) is 24.0 Å². The van der Waals surface area contributed by atoms with E-state index in [4.69, 9.17) is 0 Å². The van der Waals surface area contributed by atoms with Gasteiger partial charge in [-0.15, -0.1) is 24.0 Å². The summed E-state index contributed by atoms with van der Waals surface area (Å²) in [7, 11) is 1.93. The molecule has 0 saturated carbocycles. The lowest BCUT2D eigenvalue weighted by molar-refractivity contribution is 0.105. The van der Waals surface area contributed by atoms with Crippen LogP contribution in [0.4, 0.5) is 0 Å². The molecule has 154 valence electrons. The SMILES string of the molecule is CCCC1(C)CCCN(C(=NC)NCC(C)N2CCN(CC)CC2)C1.I. The van der Waals surface area contributed by atoms with Crippen LogP contribution in [0.1, 0.15) is 53.4 Å². The molecule has 2 atom stereocenters. The van der Waals surface area contributed by atoms with Gasteiger partial charge >= 0.3 is 0 Å². The Morgan fingerprint density at radius 1 is 1.15 bits per heavy atom. The van der Waals surface area contributed by atoms with E-state index in [9.17, 15) is 0 Å². The van der Waals surface area contributed by atoms with Crippen molar-refractivity contribution in [1.29, 1.82) is 0 Å². The lowest BCUT2D eigenvalue weighted by Gasteiger charge is -2.42. The molecule has 0 aromatic carbocycles. The highest BCUT2D eigenvalue weighted by molar-refractivity contribution is 14.0. The van der Waals surface area contributed by atoms with Gasteiger partial charge in [-0.2, -0.15) is 0 Å². The smallest absolute Gasteiger partial charge is 0.193 e. The highest BCUT2D eigenvalue weighted by Crippen LogP contribution is 2.33. The van der Waals surface area contributed by atoms with Crippen LogP contribution in [0.15, 0.2) is 4.99 Å². The van der Waals surface area contributed by atoms with Crippen molar-refractivity contribution >= 4 is 29.9 Å². The van der Waals surface area contributed by atoms with Gasteiger partial charge < -0.3 is 15.1 Å². The number of aliphatic imine (C=N–C) groups is 1. The number of halogens is 1. The van der Waals surface area contributed by atoms with E-state index in [1.54, 1.807) is 0 Å². The third-order valence-electron chi connectivity index (χ3n) is 6.18. The molecule has 0 radical (unpaired) electrons. The van der Waals surface area contributed by atoms with Crippen LogP contribution in [-0.2, 0) is 0 Å². The fraction of sp³-hybridized carbons (Fsp3) is 0.950. The van der Waals surface area contributed by atoms with Crippen LogP contribution in [0.5, 0.6) is 0 Å². The standard InChI is InChI=1S/C20H41N5.HI/c1-6-9-20(4)10-8-11-25(17-20)19(21-5)22-16-18(3)24-14-12-23(7-2)13-15-24;/h18H,6-17H2,1-5H3,(H,21,22);1H. The molecule has 2 aliphatic heterocycles. The van der Waals surface area contributed by atoms with Crippen LogP contribution >= 0.6 is 24.0 Å². The van der Waals surface area contributed by atoms with Gasteiger partial charge in [0, 0.05) is 58.9 Å². The lowest BCUT2D eigenvalue weighted by Crippen LogP contribution is -2.55. The van der Waals surface area contributed by atoms with Gasteiger partial charge in [-0.05, 0) is 38.1 Å². The molecule has 0 bridgehead atoms. The predicted octanol–water partition coefficient (Wildman–Crippen LogP) is 3.11. The first-order chi connectivity index (χ1) is 12.0. The van der Waals surface area contributed by atoms with Crippen molar-refractivity contribution < 1.29 is 0 Å². The Kier molecular flexibility index (Phi) is 10.8. The molecule has 0 aromatic rings. The quantitative estimate of drug-likeness (QED) is 0.361. The molecule has 2 saturated heterocycles. The zero-order valence-corrected chi connectivity index (χ0v) is 20.1. The summed E-state index contributed by atoms with van der Waals surface area (Å²) in [4.78, 5) is 12.2. The maximum Gasteiger partial charge on any atom is 0.193 e. The fourth-order valence-electron chi connectivity index (χ4n) is 4.52. The first kappa shape index (κ1) is 24.0. The van der Waals surface area contributed by atoms with Crippen molar-refractivity contribution in [2.24, 2.45) is 10.4 Å². The van der Waals surface area contributed by atoms with Crippen molar-refractivity contribution in [2.75, 3.05) is 59.4 Å². The number of nitrogens with one attached hydrogen (secondary N) is 1. The number of likely N-dealkylation sites (N-methyl/N-ethyl adjacent to an activating group) is 1. The van der Waals surface area contributed by atoms with E-state index in [0.29, 0.717) is 11.5 Å². The van der Waals surface area contributed by atoms with Crippen molar-refractivity contribution in [3.05, 3.63) is 0 Å². The minimum atomic E-state index is 0. The van der Waals surface area contributed by atoms with E-state index in [0.717, 1.165) is 25.6 Å². The molecule has 6 heteroatoms. The molecule has 0 amide bonds. The Morgan fingerprint density at radius 2 is 1.85 bits per heavy atom. The second kappa shape index (κ2) is 11.7. The Hall–Kier alpha value is -0.0800. The largest absolute Gasteiger partial charge is 0.355 e. The van der Waals surface area contributed by atoms with Crippen LogP contribution in [0, 0.1) is 5.41 Å². The second-order valence-corrected chi connectivity index (χ2v) is 8.33. The number of hydrogen-bond donors (Lipinski definition) is 1. The highest BCUT2D eigenvalue weighted by Gasteiger charge is 2.31. The molecule has 2 aliphatic rings. The zero-order chi connectivity index (χ0) is 18.3. The van der Waals surface area contributed by atoms with Crippen LogP contribution in [0.3, 0.4) is 0 Å². The van der Waals surface area contributed by atoms with E-state index >= 15 is 0 Å². The monoisotopic (exact) mass is 479 g/mol. The third kappa shape index (κ3) is 6.82. The molecule has 0 spiro atoms. The number of nitrogens with zero attached hydrogens (tertiary/aromatic N) is 4. The molecule has 0 aliphatic carbocycles. The van der Waals surface area contributed by atoms with Gasteiger partial charge in [0.15, 0.2) is 5.96 Å². The summed E-state index contributed by atoms with van der Waals surface area (Å²) < 4.78 is 0. The Balaban J connectivity index is 0.00000338. The predicted molar refractivity (Wildman–Crippen MR) is 124 cm³/mol. The van der Waals surface area contributed by atoms with E-state index in [1.165, 1.54) is 58.4 Å². The van der Waals surface area contributed by atoms with Crippen molar-refractivity contribution in [3.63, 3.8) is 0 Å². The second-order valence-electron chi connectivity index (χ2n) is 8.33. The summed E-state index contributed by atoms with van der Waals surface area (Å²) in [5.74, 6) is 1.10. The van der Waals surface area contributed by atoms with E-state index < -0.39 is 0 Å². The molecular weight excluding hydrogens is 437 g/mol. The number of likely N-dealkylation sites (tertiary alicyclic amines) is 1. The number of rotatable bonds is 6. The van der Waals surface area contributed by atoms with Crippen LogP contribution in [-0.4, -0.2) is 86.1 Å². The molecule has 2 rings (SSSR count). The first-order valence-electron chi connectivity index (χ1n) is 10.4. The van der Waals surface area contributed by atoms with E-state index in [1.807, 2.05) is 7.05 Å². The summed E-state index contributed by atoms with van der Waals surface area (Å²) in [6, 6.07) is 0.558. The molecule has 0 aromatic heterocycles. The minimum absolute atomic E-state index is 0. The molecule has 1 N–H and O–H groups in total. The maximum absolute atomic E-state index is 4.58. The average Bonchev–Trinajstić information content (AvgIpc) is 2.62. The average molecular weight is 479 g/mol. The van der Waals surface area contributed by atoms with E-state index in [2.05, 4.69) is 52.7 Å². The van der Waals surface area contributed by atoms with Gasteiger partial charge in [-0.1, -0.05) is 27.2 Å². The molecule has 2 unspecified atom stereocenters. The summed E-state index contributed by atoms with van der Waals surface area (Å²) in [6.07, 6.45) is 5.23. The van der Waals surface area contributed by atoms with Gasteiger partial charge in [-0.25, -0.2) is 0 Å². The molecular formula is C20H42IN5. The molecule has 26 heavy (non-hydrogen) atoms. The number of piperazine rings is 1. The third-order valence-corrected chi connectivity index (χ3v) is 6.18. The van der Waals surface area contributed by atoms with Gasteiger partial charge in [0.1, 0.15) is 0 Å². The molecule has 5 nitrogen and oxygen atoms in total. The number of hydrogen-bond acceptors (Lipinski definition) is 3. The summed E-state index contributed by atoms with van der Waals surface area (Å²) >= 11 is 0. The Bertz CT molecular complexity index is 418. The normalized spacial score (nSPS) is 27.1. The van der Waals surface area contributed by atoms with Gasteiger partial charge in [0.2, 0.25) is 0 Å². The van der Waals surface area contributed by atoms with Crippen LogP contribution in [0.25, 0.3) is 0 Å². The lowest BCUT2D eigenvalue weighted by atomic mass is 9.78. The number of piperidine rings is 1. The van der Waals surface area contributed by atoms with Crippen molar-refractivity contribution in [1.82, 2.24) is 20.0 Å². The van der Waals surface area contributed by atoms with Crippen molar-refractivity contribution in [2.45, 2.75) is 59.4 Å². The van der Waals surface area contributed by atoms with Crippen LogP contribution in [0.2, 0.25) is 0 Å². The van der Waals surface area contributed by atoms with Gasteiger partial charge in [-0.3, -0.25) is 9.89 Å². The minimum Gasteiger partial charge on any atom is -0.355 e. The summed E-state index contributed by atoms with van der Waals surface area (Å²) in [5.41, 5.74) is 0.451. The van der Waals surface area contributed by atoms with Gasteiger partial charge in [0.25, 0.3) is 0 Å². The van der Waals surface area contributed by atoms with Crippen LogP contribution < -0.4 is 5.32 Å². The fourth-order valence-corrected chi connectivity index (χ4v) is 4.52. The van der Waals surface area contributed by atoms with Crippen molar-refractivity contribution in [3.8, 4) is 0 Å². The first-order valence-corrected chi connectivity index (χ1v) is 10.4. The topological polar surface area (TPSA) is 34.1 Å². The Labute approximate surface area is 179 Å². The zero-order valence-electron chi connectivity index (χ0n) is 17.8. The highest BCUT2D eigenvalue weighted by atomic mass is 127. The molecule has 2 heterocycles. The maximum atomic E-state index is 4.58. The summed E-state index contributed by atoms with van der Waals surface area (Å²) in [6.45, 7) is 18.6. The Morgan fingerprint density at radius 3 is 2.42 bits per heavy atom. The number of guanidine groups is 1. The molecule has 2 fully saturated rings.